The minimum absolute atomic E-state index is 0.00451. The number of benzene rings is 3. The Kier molecular flexibility index (Phi) is 10.2. The third-order valence-electron chi connectivity index (χ3n) is 5.80. The Morgan fingerprint density at radius 3 is 2.08 bits per heavy atom. The van der Waals surface area contributed by atoms with E-state index in [1.165, 1.54) is 0 Å². The molecule has 9 heteroatoms. The smallest absolute Gasteiger partial charge is 0.269 e. The van der Waals surface area contributed by atoms with Gasteiger partial charge in [-0.1, -0.05) is 52.3 Å². The lowest BCUT2D eigenvalue weighted by Gasteiger charge is -2.19. The Morgan fingerprint density at radius 2 is 1.44 bits per heavy atom. The lowest BCUT2D eigenvalue weighted by atomic mass is 9.87. The predicted octanol–water partition coefficient (Wildman–Crippen LogP) is 5.36. The van der Waals surface area contributed by atoms with Crippen molar-refractivity contribution in [2.24, 2.45) is 0 Å². The average Bonchev–Trinajstić information content (AvgIpc) is 2.92. The van der Waals surface area contributed by atoms with E-state index in [2.05, 4.69) is 49.2 Å². The van der Waals surface area contributed by atoms with Gasteiger partial charge in [0.25, 0.3) is 17.7 Å². The van der Waals surface area contributed by atoms with Gasteiger partial charge in [-0.25, -0.2) is 0 Å². The number of amides is 3. The second-order valence-electron chi connectivity index (χ2n) is 9.95. The summed E-state index contributed by atoms with van der Waals surface area (Å²) in [4.78, 5) is 37.6. The van der Waals surface area contributed by atoms with Crippen molar-refractivity contribution >= 4 is 40.7 Å². The molecule has 0 unspecified atom stereocenters. The van der Waals surface area contributed by atoms with Crippen LogP contribution in [0.3, 0.4) is 0 Å². The summed E-state index contributed by atoms with van der Waals surface area (Å²) in [6.45, 7) is 8.99. The van der Waals surface area contributed by atoms with Crippen molar-refractivity contribution in [2.45, 2.75) is 46.0 Å². The molecule has 0 aromatic heterocycles. The van der Waals surface area contributed by atoms with Gasteiger partial charge < -0.3 is 10.1 Å². The Bertz CT molecular complexity index is 1320. The molecule has 3 aromatic rings. The minimum Gasteiger partial charge on any atom is -0.494 e. The van der Waals surface area contributed by atoms with Gasteiger partial charge in [-0.3, -0.25) is 30.6 Å². The molecule has 0 fully saturated rings. The zero-order chi connectivity index (χ0) is 28.4. The van der Waals surface area contributed by atoms with Crippen molar-refractivity contribution < 1.29 is 19.1 Å². The molecule has 0 heterocycles. The first-order valence-corrected chi connectivity index (χ1v) is 13.1. The zero-order valence-corrected chi connectivity index (χ0v) is 23.4. The third kappa shape index (κ3) is 8.93. The molecule has 0 aliphatic rings. The fourth-order valence-electron chi connectivity index (χ4n) is 3.48. The van der Waals surface area contributed by atoms with Crippen molar-refractivity contribution in [1.82, 2.24) is 16.2 Å². The molecule has 0 atom stereocenters. The molecular formula is C30H34N4O4S. The zero-order valence-electron chi connectivity index (χ0n) is 22.6. The van der Waals surface area contributed by atoms with E-state index in [4.69, 9.17) is 17.0 Å². The maximum Gasteiger partial charge on any atom is 0.269 e. The number of unbranched alkanes of at least 4 members (excludes halogenated alkanes) is 1. The van der Waals surface area contributed by atoms with Crippen LogP contribution >= 0.6 is 12.2 Å². The van der Waals surface area contributed by atoms with E-state index < -0.39 is 11.8 Å². The summed E-state index contributed by atoms with van der Waals surface area (Å²) < 4.78 is 5.63. The van der Waals surface area contributed by atoms with Gasteiger partial charge in [-0.15, -0.1) is 0 Å². The van der Waals surface area contributed by atoms with Crippen LogP contribution in [0.1, 0.15) is 77.2 Å². The quantitative estimate of drug-likeness (QED) is 0.172. The molecule has 3 rings (SSSR count). The third-order valence-corrected chi connectivity index (χ3v) is 6.00. The van der Waals surface area contributed by atoms with E-state index in [1.807, 2.05) is 12.1 Å². The Balaban J connectivity index is 1.48. The number of carbonyl (C=O) groups excluding carboxylic acids is 3. The highest BCUT2D eigenvalue weighted by atomic mass is 32.1. The summed E-state index contributed by atoms with van der Waals surface area (Å²) in [5.74, 6) is -0.542. The van der Waals surface area contributed by atoms with E-state index in [0.29, 0.717) is 34.7 Å². The van der Waals surface area contributed by atoms with Crippen LogP contribution in [0.2, 0.25) is 0 Å². The summed E-state index contributed by atoms with van der Waals surface area (Å²) in [7, 11) is 0. The van der Waals surface area contributed by atoms with Crippen LogP contribution in [0.15, 0.2) is 72.8 Å². The molecule has 0 aliphatic carbocycles. The number of nitrogens with one attached hydrogen (secondary N) is 4. The molecule has 0 aliphatic heterocycles. The number of thiocarbonyl (C=S) groups is 1. The largest absolute Gasteiger partial charge is 0.494 e. The lowest BCUT2D eigenvalue weighted by Crippen LogP contribution is -2.48. The molecule has 3 amide bonds. The van der Waals surface area contributed by atoms with Gasteiger partial charge in [-0.05, 0) is 84.2 Å². The molecule has 3 aromatic carbocycles. The van der Waals surface area contributed by atoms with Crippen LogP contribution in [0.5, 0.6) is 5.75 Å². The standard InChI is InChI=1S/C30H34N4O4S/c1-5-6-18-38-25-9-7-8-22(19-25)27(36)32-29(39)34-33-28(37)21-12-16-24(17-13-21)31-26(35)20-10-14-23(15-11-20)30(2,3)4/h7-17,19H,5-6,18H2,1-4H3,(H,31,35)(H,33,37)(H2,32,34,36,39). The van der Waals surface area contributed by atoms with Crippen molar-refractivity contribution in [2.75, 3.05) is 11.9 Å². The van der Waals surface area contributed by atoms with Crippen LogP contribution in [0, 0.1) is 0 Å². The van der Waals surface area contributed by atoms with Gasteiger partial charge in [0.2, 0.25) is 0 Å². The van der Waals surface area contributed by atoms with E-state index in [-0.39, 0.29) is 16.4 Å². The molecule has 8 nitrogen and oxygen atoms in total. The first kappa shape index (κ1) is 29.3. The number of rotatable bonds is 8. The van der Waals surface area contributed by atoms with Crippen LogP contribution < -0.4 is 26.2 Å². The summed E-state index contributed by atoms with van der Waals surface area (Å²) in [5.41, 5.74) is 7.92. The van der Waals surface area contributed by atoms with E-state index >= 15 is 0 Å². The first-order chi connectivity index (χ1) is 18.6. The van der Waals surface area contributed by atoms with Crippen molar-refractivity contribution in [1.29, 1.82) is 0 Å². The van der Waals surface area contributed by atoms with E-state index in [0.717, 1.165) is 18.4 Å². The van der Waals surface area contributed by atoms with Gasteiger partial charge in [0, 0.05) is 22.4 Å². The molecule has 0 saturated carbocycles. The Labute approximate surface area is 234 Å². The summed E-state index contributed by atoms with van der Waals surface area (Å²) in [6, 6.07) is 20.7. The summed E-state index contributed by atoms with van der Waals surface area (Å²) in [5, 5.41) is 5.28. The van der Waals surface area contributed by atoms with Crippen LogP contribution in [-0.2, 0) is 5.41 Å². The molecule has 4 N–H and O–H groups in total. The van der Waals surface area contributed by atoms with Crippen LogP contribution in [0.25, 0.3) is 0 Å². The van der Waals surface area contributed by atoms with Gasteiger partial charge in [0.05, 0.1) is 6.61 Å². The maximum atomic E-state index is 12.6. The molecular weight excluding hydrogens is 512 g/mol. The molecule has 0 radical (unpaired) electrons. The topological polar surface area (TPSA) is 109 Å². The van der Waals surface area contributed by atoms with E-state index in [9.17, 15) is 14.4 Å². The second kappa shape index (κ2) is 13.5. The van der Waals surface area contributed by atoms with Gasteiger partial charge in [0.15, 0.2) is 5.11 Å². The van der Waals surface area contributed by atoms with Gasteiger partial charge in [0.1, 0.15) is 5.75 Å². The first-order valence-electron chi connectivity index (χ1n) is 12.7. The Hall–Kier alpha value is -4.24. The Morgan fingerprint density at radius 1 is 0.795 bits per heavy atom. The van der Waals surface area contributed by atoms with E-state index in [1.54, 1.807) is 60.7 Å². The minimum atomic E-state index is -0.464. The lowest BCUT2D eigenvalue weighted by molar-refractivity contribution is 0.0934. The number of hydrazine groups is 1. The van der Waals surface area contributed by atoms with Crippen molar-refractivity contribution in [3.8, 4) is 5.75 Å². The average molecular weight is 547 g/mol. The molecule has 204 valence electrons. The fraction of sp³-hybridized carbons (Fsp3) is 0.267. The molecule has 0 saturated heterocycles. The highest BCUT2D eigenvalue weighted by molar-refractivity contribution is 7.80. The number of hydrogen-bond donors (Lipinski definition) is 4. The molecule has 0 bridgehead atoms. The number of hydrogen-bond acceptors (Lipinski definition) is 5. The fourth-order valence-corrected chi connectivity index (χ4v) is 3.63. The monoisotopic (exact) mass is 546 g/mol. The van der Waals surface area contributed by atoms with Crippen LogP contribution in [0.4, 0.5) is 5.69 Å². The maximum absolute atomic E-state index is 12.6. The second-order valence-corrected chi connectivity index (χ2v) is 10.4. The molecule has 39 heavy (non-hydrogen) atoms. The SMILES string of the molecule is CCCCOc1cccc(C(=O)NC(=S)NNC(=O)c2ccc(NC(=O)c3ccc(C(C)(C)C)cc3)cc2)c1. The highest BCUT2D eigenvalue weighted by Gasteiger charge is 2.15. The number of carbonyl (C=O) groups is 3. The van der Waals surface area contributed by atoms with Gasteiger partial charge >= 0.3 is 0 Å². The number of ether oxygens (including phenoxy) is 1. The number of anilines is 1. The van der Waals surface area contributed by atoms with Gasteiger partial charge in [-0.2, -0.15) is 0 Å². The summed E-state index contributed by atoms with van der Waals surface area (Å²) >= 11 is 5.12. The summed E-state index contributed by atoms with van der Waals surface area (Å²) in [6.07, 6.45) is 1.94. The predicted molar refractivity (Wildman–Crippen MR) is 157 cm³/mol. The normalized spacial score (nSPS) is 10.8. The molecule has 0 spiro atoms. The highest BCUT2D eigenvalue weighted by Crippen LogP contribution is 2.22. The van der Waals surface area contributed by atoms with Crippen LogP contribution in [-0.4, -0.2) is 29.4 Å². The van der Waals surface area contributed by atoms with Crippen molar-refractivity contribution in [3.63, 3.8) is 0 Å². The van der Waals surface area contributed by atoms with Crippen molar-refractivity contribution in [3.05, 3.63) is 95.1 Å².